The van der Waals surface area contributed by atoms with E-state index in [2.05, 4.69) is 74.5 Å². The van der Waals surface area contributed by atoms with Crippen LogP contribution in [0.1, 0.15) is 27.9 Å². The Morgan fingerprint density at radius 1 is 0.613 bits per heavy atom. The van der Waals surface area contributed by atoms with Crippen molar-refractivity contribution in [3.05, 3.63) is 138 Å². The molecule has 1 unspecified atom stereocenters. The second-order valence-corrected chi connectivity index (χ2v) is 10.9. The molecule has 0 saturated heterocycles. The van der Waals surface area contributed by atoms with Crippen LogP contribution in [-0.2, 0) is 4.57 Å². The summed E-state index contributed by atoms with van der Waals surface area (Å²) in [5.41, 5.74) is 4.32. The van der Waals surface area contributed by atoms with Crippen LogP contribution < -0.4 is 10.6 Å². The SMILES string of the molecule is Cc1ccc(/C=C/C(c2ccc(C)cc2)P(=O)(c2ccccc2)c2ccccc2)cc1. The first-order chi connectivity index (χ1) is 15.1. The molecular formula is C29H27OP. The van der Waals surface area contributed by atoms with E-state index in [4.69, 9.17) is 0 Å². The van der Waals surface area contributed by atoms with Crippen molar-refractivity contribution in [2.45, 2.75) is 19.5 Å². The number of allylic oxidation sites excluding steroid dienone is 1. The van der Waals surface area contributed by atoms with Crippen LogP contribution in [0.2, 0.25) is 0 Å². The zero-order valence-corrected chi connectivity index (χ0v) is 18.9. The minimum atomic E-state index is -3.00. The van der Waals surface area contributed by atoms with Crippen LogP contribution in [-0.4, -0.2) is 0 Å². The van der Waals surface area contributed by atoms with Crippen molar-refractivity contribution in [2.75, 3.05) is 0 Å². The summed E-state index contributed by atoms with van der Waals surface area (Å²) in [7, 11) is -3.00. The summed E-state index contributed by atoms with van der Waals surface area (Å²) in [6.45, 7) is 4.16. The third-order valence-electron chi connectivity index (χ3n) is 5.64. The van der Waals surface area contributed by atoms with Gasteiger partial charge in [-0.2, -0.15) is 0 Å². The van der Waals surface area contributed by atoms with Crippen molar-refractivity contribution in [1.82, 2.24) is 0 Å². The molecule has 0 heterocycles. The van der Waals surface area contributed by atoms with Crippen molar-refractivity contribution < 1.29 is 4.57 Å². The Balaban J connectivity index is 1.91. The highest BCUT2D eigenvalue weighted by molar-refractivity contribution is 7.79. The second-order valence-electron chi connectivity index (χ2n) is 7.95. The third kappa shape index (κ3) is 4.63. The maximum Gasteiger partial charge on any atom is 0.153 e. The Bertz CT molecular complexity index is 1150. The van der Waals surface area contributed by atoms with Gasteiger partial charge >= 0.3 is 0 Å². The van der Waals surface area contributed by atoms with Gasteiger partial charge in [0, 0.05) is 10.6 Å². The summed E-state index contributed by atoms with van der Waals surface area (Å²) in [6.07, 6.45) is 4.22. The number of benzene rings is 4. The fourth-order valence-electron chi connectivity index (χ4n) is 3.85. The smallest absolute Gasteiger partial charge is 0.153 e. The van der Waals surface area contributed by atoms with E-state index in [0.29, 0.717) is 0 Å². The van der Waals surface area contributed by atoms with E-state index in [1.54, 1.807) is 0 Å². The van der Waals surface area contributed by atoms with Gasteiger partial charge in [0.2, 0.25) is 0 Å². The molecule has 0 N–H and O–H groups in total. The van der Waals surface area contributed by atoms with Crippen LogP contribution in [0.4, 0.5) is 0 Å². The van der Waals surface area contributed by atoms with E-state index < -0.39 is 7.14 Å². The molecule has 0 aliphatic rings. The highest BCUT2D eigenvalue weighted by Crippen LogP contribution is 2.58. The van der Waals surface area contributed by atoms with Crippen LogP contribution in [0.5, 0.6) is 0 Å². The highest BCUT2D eigenvalue weighted by atomic mass is 31.2. The molecule has 0 fully saturated rings. The number of hydrogen-bond donors (Lipinski definition) is 0. The fourth-order valence-corrected chi connectivity index (χ4v) is 6.95. The molecule has 0 aliphatic heterocycles. The van der Waals surface area contributed by atoms with E-state index in [1.165, 1.54) is 11.1 Å². The lowest BCUT2D eigenvalue weighted by Gasteiger charge is -2.27. The van der Waals surface area contributed by atoms with Gasteiger partial charge in [-0.1, -0.05) is 132 Å². The first kappa shape index (κ1) is 21.1. The van der Waals surface area contributed by atoms with E-state index in [1.807, 2.05) is 60.7 Å². The monoisotopic (exact) mass is 422 g/mol. The molecule has 4 aromatic carbocycles. The largest absolute Gasteiger partial charge is 0.313 e. The van der Waals surface area contributed by atoms with Crippen molar-refractivity contribution in [3.8, 4) is 0 Å². The Morgan fingerprint density at radius 2 is 1.06 bits per heavy atom. The number of hydrogen-bond acceptors (Lipinski definition) is 1. The van der Waals surface area contributed by atoms with Crippen LogP contribution in [0.25, 0.3) is 6.08 Å². The lowest BCUT2D eigenvalue weighted by molar-refractivity contribution is 0.583. The third-order valence-corrected chi connectivity index (χ3v) is 9.02. The van der Waals surface area contributed by atoms with E-state index in [-0.39, 0.29) is 5.66 Å². The molecule has 4 rings (SSSR count). The lowest BCUT2D eigenvalue weighted by atomic mass is 10.1. The lowest BCUT2D eigenvalue weighted by Crippen LogP contribution is -2.20. The summed E-state index contributed by atoms with van der Waals surface area (Å²) >= 11 is 0. The Morgan fingerprint density at radius 3 is 1.55 bits per heavy atom. The van der Waals surface area contributed by atoms with Gasteiger partial charge in [-0.3, -0.25) is 0 Å². The summed E-state index contributed by atoms with van der Waals surface area (Å²) in [5.74, 6) is 0. The molecule has 0 saturated carbocycles. The molecule has 31 heavy (non-hydrogen) atoms. The molecule has 1 atom stereocenters. The first-order valence-electron chi connectivity index (χ1n) is 10.6. The van der Waals surface area contributed by atoms with Crippen molar-refractivity contribution in [1.29, 1.82) is 0 Å². The molecule has 2 heteroatoms. The quantitative estimate of drug-likeness (QED) is 0.304. The van der Waals surface area contributed by atoms with Crippen LogP contribution in [0.3, 0.4) is 0 Å². The standard InChI is InChI=1S/C29H27OP/c1-23-13-17-25(18-14-23)19-22-29(26-20-15-24(2)16-21-26)31(30,27-9-5-3-6-10-27)28-11-7-4-8-12-28/h3-22,29H,1-2H3/b22-19+. The van der Waals surface area contributed by atoms with Gasteiger partial charge < -0.3 is 4.57 Å². The molecule has 1 nitrogen and oxygen atoms in total. The summed E-state index contributed by atoms with van der Waals surface area (Å²) < 4.78 is 15.0. The van der Waals surface area contributed by atoms with Crippen LogP contribution in [0, 0.1) is 13.8 Å². The molecular weight excluding hydrogens is 395 g/mol. The Kier molecular flexibility index (Phi) is 6.35. The van der Waals surface area contributed by atoms with Crippen molar-refractivity contribution >= 4 is 23.8 Å². The summed E-state index contributed by atoms with van der Waals surface area (Å²) in [4.78, 5) is 0. The summed E-state index contributed by atoms with van der Waals surface area (Å²) in [5, 5.41) is 1.75. The van der Waals surface area contributed by atoms with E-state index >= 15 is 4.57 Å². The first-order valence-corrected chi connectivity index (χ1v) is 12.4. The predicted molar refractivity (Wildman–Crippen MR) is 134 cm³/mol. The van der Waals surface area contributed by atoms with Crippen LogP contribution >= 0.6 is 7.14 Å². The zero-order chi connectivity index (χ0) is 21.7. The Labute approximate surface area is 185 Å². The maximum absolute atomic E-state index is 15.0. The minimum Gasteiger partial charge on any atom is -0.313 e. The topological polar surface area (TPSA) is 17.1 Å². The molecule has 0 amide bonds. The van der Waals surface area contributed by atoms with Gasteiger partial charge in [-0.15, -0.1) is 0 Å². The Hall–Kier alpha value is -3.15. The average molecular weight is 423 g/mol. The molecule has 0 bridgehead atoms. The number of aryl methyl sites for hydroxylation is 2. The normalized spacial score (nSPS) is 12.7. The van der Waals surface area contributed by atoms with Crippen LogP contribution in [0.15, 0.2) is 115 Å². The van der Waals surface area contributed by atoms with Crippen molar-refractivity contribution in [3.63, 3.8) is 0 Å². The highest BCUT2D eigenvalue weighted by Gasteiger charge is 2.36. The van der Waals surface area contributed by atoms with Gasteiger partial charge in [0.05, 0.1) is 5.66 Å². The predicted octanol–water partition coefficient (Wildman–Crippen LogP) is 7.07. The molecule has 0 spiro atoms. The molecule has 0 aliphatic carbocycles. The van der Waals surface area contributed by atoms with E-state index in [0.717, 1.165) is 21.7 Å². The maximum atomic E-state index is 15.0. The van der Waals surface area contributed by atoms with Crippen molar-refractivity contribution in [2.24, 2.45) is 0 Å². The second kappa shape index (κ2) is 9.33. The van der Waals surface area contributed by atoms with Gasteiger partial charge in [-0.05, 0) is 25.0 Å². The van der Waals surface area contributed by atoms with Gasteiger partial charge in [0.25, 0.3) is 0 Å². The minimum absolute atomic E-state index is 0.265. The fraction of sp³-hybridized carbons (Fsp3) is 0.103. The van der Waals surface area contributed by atoms with E-state index in [9.17, 15) is 0 Å². The molecule has 0 aromatic heterocycles. The number of rotatable bonds is 6. The zero-order valence-electron chi connectivity index (χ0n) is 18.0. The molecule has 0 radical (unpaired) electrons. The average Bonchev–Trinajstić information content (AvgIpc) is 2.82. The van der Waals surface area contributed by atoms with Gasteiger partial charge in [-0.25, -0.2) is 0 Å². The molecule has 4 aromatic rings. The summed E-state index contributed by atoms with van der Waals surface area (Å²) in [6, 6.07) is 36.7. The van der Waals surface area contributed by atoms with Gasteiger partial charge in [0.1, 0.15) is 0 Å². The van der Waals surface area contributed by atoms with Gasteiger partial charge in [0.15, 0.2) is 7.14 Å². The molecule has 154 valence electrons.